The van der Waals surface area contributed by atoms with E-state index in [4.69, 9.17) is 0 Å². The van der Waals surface area contributed by atoms with Gasteiger partial charge >= 0.3 is 0 Å². The summed E-state index contributed by atoms with van der Waals surface area (Å²) in [6.45, 7) is 5.91. The molecule has 0 fully saturated rings. The Bertz CT molecular complexity index is 1150. The van der Waals surface area contributed by atoms with E-state index in [2.05, 4.69) is 6.07 Å². The van der Waals surface area contributed by atoms with Gasteiger partial charge in [0.25, 0.3) is 5.91 Å². The molecule has 28 heavy (non-hydrogen) atoms. The van der Waals surface area contributed by atoms with Crippen molar-refractivity contribution in [2.24, 2.45) is 5.92 Å². The van der Waals surface area contributed by atoms with Crippen molar-refractivity contribution in [1.29, 1.82) is 5.26 Å². The summed E-state index contributed by atoms with van der Waals surface area (Å²) in [6.07, 6.45) is 2.00. The third kappa shape index (κ3) is 2.46. The zero-order valence-electron chi connectivity index (χ0n) is 16.3. The molecule has 0 radical (unpaired) electrons. The maximum atomic E-state index is 13.8. The highest BCUT2D eigenvalue weighted by Crippen LogP contribution is 2.45. The molecule has 3 nitrogen and oxygen atoms in total. The van der Waals surface area contributed by atoms with Gasteiger partial charge in [0.2, 0.25) is 0 Å². The first-order valence-corrected chi connectivity index (χ1v) is 9.52. The molecule has 0 aliphatic carbocycles. The largest absolute Gasteiger partial charge is 0.289 e. The minimum absolute atomic E-state index is 0.0822. The lowest BCUT2D eigenvalue weighted by Gasteiger charge is -2.45. The van der Waals surface area contributed by atoms with Crippen molar-refractivity contribution in [2.45, 2.75) is 26.3 Å². The fourth-order valence-electron chi connectivity index (χ4n) is 4.32. The Morgan fingerprint density at radius 1 is 1.00 bits per heavy atom. The quantitative estimate of drug-likeness (QED) is 0.581. The van der Waals surface area contributed by atoms with Crippen LogP contribution >= 0.6 is 0 Å². The minimum Gasteiger partial charge on any atom is -0.289 e. The van der Waals surface area contributed by atoms with Crippen LogP contribution in [-0.2, 0) is 5.54 Å². The van der Waals surface area contributed by atoms with Gasteiger partial charge < -0.3 is 0 Å². The molecule has 4 rings (SSSR count). The van der Waals surface area contributed by atoms with Crippen LogP contribution in [-0.4, -0.2) is 10.8 Å². The molecule has 3 aromatic rings. The molecule has 0 bridgehead atoms. The van der Waals surface area contributed by atoms with E-state index in [1.165, 1.54) is 0 Å². The molecule has 0 saturated carbocycles. The Hall–Kier alpha value is -3.38. The van der Waals surface area contributed by atoms with Gasteiger partial charge in [0, 0.05) is 11.3 Å². The topological polar surface area (TPSA) is 44.1 Å². The van der Waals surface area contributed by atoms with Crippen molar-refractivity contribution in [3.8, 4) is 6.07 Å². The number of amides is 1. The zero-order chi connectivity index (χ0) is 19.9. The summed E-state index contributed by atoms with van der Waals surface area (Å²) < 4.78 is 0. The molecule has 1 aliphatic rings. The van der Waals surface area contributed by atoms with E-state index in [0.29, 0.717) is 5.56 Å². The maximum absolute atomic E-state index is 13.8. The molecule has 1 unspecified atom stereocenters. The summed E-state index contributed by atoms with van der Waals surface area (Å²) in [4.78, 5) is 15.5. The first-order chi connectivity index (χ1) is 13.5. The predicted molar refractivity (Wildman–Crippen MR) is 112 cm³/mol. The molecule has 3 aromatic carbocycles. The number of nitrogens with zero attached hydrogens (tertiary/aromatic N) is 2. The lowest BCUT2D eigenvalue weighted by molar-refractivity contribution is 0.0589. The lowest BCUT2D eigenvalue weighted by Crippen LogP contribution is -2.52. The van der Waals surface area contributed by atoms with Crippen LogP contribution in [0, 0.1) is 17.2 Å². The maximum Gasteiger partial charge on any atom is 0.260 e. The van der Waals surface area contributed by atoms with Crippen LogP contribution in [0.2, 0.25) is 0 Å². The Morgan fingerprint density at radius 2 is 1.68 bits per heavy atom. The number of nitriles is 1. The third-order valence-corrected chi connectivity index (χ3v) is 5.67. The van der Waals surface area contributed by atoms with Gasteiger partial charge in [-0.2, -0.15) is 5.26 Å². The molecule has 1 aliphatic heterocycles. The van der Waals surface area contributed by atoms with Crippen molar-refractivity contribution in [3.63, 3.8) is 0 Å². The van der Waals surface area contributed by atoms with Crippen LogP contribution in [0.5, 0.6) is 0 Å². The standard InChI is InChI=1S/C25H22N2O/c1-17(2)25(16-26)23-14-7-5-10-20(23)15-18(3)27(25)24(28)22-13-8-11-19-9-4-6-12-21(19)22/h4-15,17H,1-3H3. The number of hydrogen-bond donors (Lipinski definition) is 0. The molecule has 0 spiro atoms. The van der Waals surface area contributed by atoms with Gasteiger partial charge in [0.15, 0.2) is 5.54 Å². The van der Waals surface area contributed by atoms with E-state index in [1.54, 1.807) is 4.90 Å². The summed E-state index contributed by atoms with van der Waals surface area (Å²) in [5.41, 5.74) is 2.23. The van der Waals surface area contributed by atoms with Crippen LogP contribution in [0.3, 0.4) is 0 Å². The Balaban J connectivity index is 1.98. The molecule has 0 N–H and O–H groups in total. The molecule has 1 atom stereocenters. The smallest absolute Gasteiger partial charge is 0.260 e. The van der Waals surface area contributed by atoms with Crippen LogP contribution < -0.4 is 0 Å². The van der Waals surface area contributed by atoms with Gasteiger partial charge in [0.05, 0.1) is 6.07 Å². The molecule has 1 amide bonds. The summed E-state index contributed by atoms with van der Waals surface area (Å²) in [6, 6.07) is 24.0. The predicted octanol–water partition coefficient (Wildman–Crippen LogP) is 5.73. The highest BCUT2D eigenvalue weighted by Gasteiger charge is 2.48. The van der Waals surface area contributed by atoms with E-state index < -0.39 is 5.54 Å². The van der Waals surface area contributed by atoms with E-state index in [0.717, 1.165) is 27.6 Å². The van der Waals surface area contributed by atoms with Crippen molar-refractivity contribution in [1.82, 2.24) is 4.90 Å². The van der Waals surface area contributed by atoms with Gasteiger partial charge in [0.1, 0.15) is 0 Å². The first kappa shape index (κ1) is 18.0. The van der Waals surface area contributed by atoms with E-state index in [-0.39, 0.29) is 11.8 Å². The second-order valence-electron chi connectivity index (χ2n) is 7.57. The van der Waals surface area contributed by atoms with Crippen LogP contribution in [0.1, 0.15) is 42.3 Å². The number of rotatable bonds is 2. The Kier molecular flexibility index (Phi) is 4.28. The van der Waals surface area contributed by atoms with Crippen LogP contribution in [0.25, 0.3) is 16.8 Å². The van der Waals surface area contributed by atoms with E-state index in [9.17, 15) is 10.1 Å². The monoisotopic (exact) mass is 366 g/mol. The number of allylic oxidation sites excluding steroid dienone is 1. The average Bonchev–Trinajstić information content (AvgIpc) is 2.71. The molecular formula is C25H22N2O. The third-order valence-electron chi connectivity index (χ3n) is 5.67. The normalized spacial score (nSPS) is 18.5. The SMILES string of the molecule is CC1=Cc2ccccc2C(C#N)(C(C)C)N1C(=O)c1cccc2ccccc12. The van der Waals surface area contributed by atoms with Crippen LogP contribution in [0.4, 0.5) is 0 Å². The van der Waals surface area contributed by atoms with Gasteiger partial charge in [-0.15, -0.1) is 0 Å². The minimum atomic E-state index is -1.05. The highest BCUT2D eigenvalue weighted by atomic mass is 16.2. The van der Waals surface area contributed by atoms with Gasteiger partial charge in [-0.05, 0) is 46.9 Å². The molecule has 3 heteroatoms. The zero-order valence-corrected chi connectivity index (χ0v) is 16.3. The summed E-state index contributed by atoms with van der Waals surface area (Å²) in [5.74, 6) is -0.225. The fourth-order valence-corrected chi connectivity index (χ4v) is 4.32. The summed E-state index contributed by atoms with van der Waals surface area (Å²) in [5, 5.41) is 12.3. The van der Waals surface area contributed by atoms with Gasteiger partial charge in [-0.25, -0.2) is 0 Å². The number of hydrogen-bond acceptors (Lipinski definition) is 2. The molecular weight excluding hydrogens is 344 g/mol. The number of carbonyl (C=O) groups is 1. The van der Waals surface area contributed by atoms with Gasteiger partial charge in [-0.1, -0.05) is 74.5 Å². The molecule has 0 aromatic heterocycles. The highest BCUT2D eigenvalue weighted by molar-refractivity contribution is 6.08. The summed E-state index contributed by atoms with van der Waals surface area (Å²) >= 11 is 0. The van der Waals surface area contributed by atoms with E-state index in [1.807, 2.05) is 93.6 Å². The van der Waals surface area contributed by atoms with Crippen molar-refractivity contribution < 1.29 is 4.79 Å². The second kappa shape index (κ2) is 6.65. The fraction of sp³-hybridized carbons (Fsp3) is 0.200. The molecule has 1 heterocycles. The number of benzene rings is 3. The van der Waals surface area contributed by atoms with Crippen molar-refractivity contribution in [3.05, 3.63) is 89.1 Å². The van der Waals surface area contributed by atoms with Crippen LogP contribution in [0.15, 0.2) is 72.4 Å². The Labute approximate surface area is 165 Å². The van der Waals surface area contributed by atoms with Crippen molar-refractivity contribution in [2.75, 3.05) is 0 Å². The van der Waals surface area contributed by atoms with E-state index >= 15 is 0 Å². The van der Waals surface area contributed by atoms with Gasteiger partial charge in [-0.3, -0.25) is 9.69 Å². The Morgan fingerprint density at radius 3 is 2.43 bits per heavy atom. The molecule has 0 saturated heterocycles. The second-order valence-corrected chi connectivity index (χ2v) is 7.57. The lowest BCUT2D eigenvalue weighted by atomic mass is 9.74. The summed E-state index contributed by atoms with van der Waals surface area (Å²) in [7, 11) is 0. The number of fused-ring (bicyclic) bond motifs is 2. The average molecular weight is 366 g/mol. The van der Waals surface area contributed by atoms with Crippen molar-refractivity contribution >= 4 is 22.8 Å². The first-order valence-electron chi connectivity index (χ1n) is 9.52. The number of carbonyl (C=O) groups excluding carboxylic acids is 1. The molecule has 138 valence electrons.